The predicted molar refractivity (Wildman–Crippen MR) is 254 cm³/mol. The first-order chi connectivity index (χ1) is 29.8. The molecule has 0 unspecified atom stereocenters. The maximum absolute atomic E-state index is 7.21. The molecule has 8 aromatic carbocycles. The van der Waals surface area contributed by atoms with Gasteiger partial charge in [0.1, 0.15) is 23.0 Å². The number of rotatable bonds is 3. The van der Waals surface area contributed by atoms with E-state index in [1.807, 2.05) is 22.7 Å². The lowest BCUT2D eigenvalue weighted by Crippen LogP contribution is -2.62. The quantitative estimate of drug-likeness (QED) is 0.166. The van der Waals surface area contributed by atoms with Crippen LogP contribution in [0.25, 0.3) is 31.3 Å². The number of para-hydroxylation sites is 2. The number of hydrogen-bond donors (Lipinski definition) is 0. The second-order valence-electron chi connectivity index (χ2n) is 15.9. The highest BCUT2D eigenvalue weighted by Gasteiger charge is 2.48. The Morgan fingerprint density at radius 2 is 0.900 bits per heavy atom. The zero-order chi connectivity index (χ0) is 39.1. The Labute approximate surface area is 355 Å². The highest BCUT2D eigenvalue weighted by Crippen LogP contribution is 2.49. The fourth-order valence-electron chi connectivity index (χ4n) is 10.3. The molecule has 4 aliphatic heterocycles. The van der Waals surface area contributed by atoms with Crippen molar-refractivity contribution in [1.82, 2.24) is 0 Å². The third-order valence-electron chi connectivity index (χ3n) is 12.7. The highest BCUT2D eigenvalue weighted by molar-refractivity contribution is 7.34. The average Bonchev–Trinajstić information content (AvgIpc) is 3.88. The van der Waals surface area contributed by atoms with Gasteiger partial charge in [-0.1, -0.05) is 115 Å². The van der Waals surface area contributed by atoms with Crippen LogP contribution in [0, 0.1) is 0 Å². The van der Waals surface area contributed by atoms with E-state index in [1.165, 1.54) is 63.0 Å². The molecule has 0 amide bonds. The van der Waals surface area contributed by atoms with Crippen LogP contribution in [0.2, 0.25) is 0 Å². The minimum absolute atomic E-state index is 0.0229. The molecule has 0 spiro atoms. The molecule has 8 heteroatoms. The van der Waals surface area contributed by atoms with E-state index in [2.05, 4.69) is 192 Å². The lowest BCUT2D eigenvalue weighted by molar-refractivity contribution is 0.466. The standard InChI is InChI=1S/C52H30B2N2O2S2/c1-4-15-31(16-5-1)32-27-40-48-44(28-32)58-43-30-42-37(29-38(43)54(48)52-50(36-22-11-13-26-46(36)60-52)56(40)34-19-8-3-9-20-34)53-47-39(23-14-24-41(47)57-42)55(33-17-6-2-7-18-33)49-35-21-10-12-25-45(35)59-51(49)53/h1-30H. The number of nitrogens with zero attached hydrogens (tertiary/aromatic N) is 2. The van der Waals surface area contributed by atoms with Crippen LogP contribution in [-0.4, -0.2) is 13.4 Å². The van der Waals surface area contributed by atoms with E-state index in [9.17, 15) is 0 Å². The first-order valence-electron chi connectivity index (χ1n) is 20.4. The van der Waals surface area contributed by atoms with E-state index in [4.69, 9.17) is 9.47 Å². The molecular weight excluding hydrogens is 770 g/mol. The van der Waals surface area contributed by atoms with E-state index in [1.54, 1.807) is 0 Å². The molecule has 60 heavy (non-hydrogen) atoms. The Morgan fingerprint density at radius 3 is 1.52 bits per heavy atom. The Hall–Kier alpha value is -6.99. The number of hydrogen-bond acceptors (Lipinski definition) is 6. The van der Waals surface area contributed by atoms with Crippen molar-refractivity contribution in [3.8, 4) is 34.1 Å². The van der Waals surface area contributed by atoms with E-state index in [0.717, 1.165) is 56.9 Å². The van der Waals surface area contributed by atoms with Gasteiger partial charge < -0.3 is 19.3 Å². The number of anilines is 6. The van der Waals surface area contributed by atoms with Gasteiger partial charge in [0, 0.05) is 58.5 Å². The molecule has 0 saturated carbocycles. The highest BCUT2D eigenvalue weighted by atomic mass is 32.1. The average molecular weight is 801 g/mol. The van der Waals surface area contributed by atoms with Gasteiger partial charge in [-0.25, -0.2) is 0 Å². The molecule has 4 nitrogen and oxygen atoms in total. The van der Waals surface area contributed by atoms with Crippen molar-refractivity contribution < 1.29 is 9.47 Å². The monoisotopic (exact) mass is 800 g/mol. The summed E-state index contributed by atoms with van der Waals surface area (Å²) in [5.41, 5.74) is 14.1. The Morgan fingerprint density at radius 1 is 0.383 bits per heavy atom. The summed E-state index contributed by atoms with van der Waals surface area (Å²) in [4.78, 5) is 4.94. The summed E-state index contributed by atoms with van der Waals surface area (Å²) in [6.45, 7) is -0.0746. The van der Waals surface area contributed by atoms with Crippen LogP contribution in [0.15, 0.2) is 182 Å². The van der Waals surface area contributed by atoms with Crippen LogP contribution < -0.4 is 50.7 Å². The predicted octanol–water partition coefficient (Wildman–Crippen LogP) is 10.6. The molecule has 0 saturated heterocycles. The molecule has 0 aliphatic carbocycles. The molecule has 0 radical (unpaired) electrons. The van der Waals surface area contributed by atoms with Crippen molar-refractivity contribution in [3.63, 3.8) is 0 Å². The van der Waals surface area contributed by atoms with Crippen molar-refractivity contribution in [2.45, 2.75) is 0 Å². The van der Waals surface area contributed by atoms with Crippen LogP contribution in [0.4, 0.5) is 34.1 Å². The van der Waals surface area contributed by atoms with E-state index >= 15 is 0 Å². The lowest BCUT2D eigenvalue weighted by Gasteiger charge is -2.41. The van der Waals surface area contributed by atoms with Gasteiger partial charge in [0.25, 0.3) is 13.4 Å². The summed E-state index contributed by atoms with van der Waals surface area (Å²) < 4.78 is 19.5. The van der Waals surface area contributed by atoms with Crippen LogP contribution in [0.3, 0.4) is 0 Å². The van der Waals surface area contributed by atoms with Gasteiger partial charge in [-0.2, -0.15) is 0 Å². The lowest BCUT2D eigenvalue weighted by atomic mass is 9.33. The van der Waals surface area contributed by atoms with Crippen molar-refractivity contribution >= 4 is 122 Å². The first-order valence-corrected chi connectivity index (χ1v) is 22.0. The van der Waals surface area contributed by atoms with Crippen molar-refractivity contribution in [2.75, 3.05) is 9.80 Å². The second-order valence-corrected chi connectivity index (χ2v) is 18.1. The summed E-state index contributed by atoms with van der Waals surface area (Å²) >= 11 is 3.81. The van der Waals surface area contributed by atoms with Crippen molar-refractivity contribution in [1.29, 1.82) is 0 Å². The van der Waals surface area contributed by atoms with Crippen LogP contribution in [0.1, 0.15) is 0 Å². The Bertz CT molecular complexity index is 3420. The summed E-state index contributed by atoms with van der Waals surface area (Å²) in [7, 11) is 0. The maximum Gasteiger partial charge on any atom is 0.268 e. The molecule has 278 valence electrons. The van der Waals surface area contributed by atoms with Gasteiger partial charge >= 0.3 is 0 Å². The van der Waals surface area contributed by atoms with Crippen molar-refractivity contribution in [2.24, 2.45) is 0 Å². The molecule has 6 heterocycles. The number of ether oxygens (including phenoxy) is 2. The zero-order valence-corrected chi connectivity index (χ0v) is 33.6. The first kappa shape index (κ1) is 32.9. The molecule has 14 rings (SSSR count). The fourth-order valence-corrected chi connectivity index (χ4v) is 12.9. The van der Waals surface area contributed by atoms with Crippen LogP contribution in [0.5, 0.6) is 23.0 Å². The minimum atomic E-state index is -0.0517. The maximum atomic E-state index is 7.21. The van der Waals surface area contributed by atoms with Gasteiger partial charge in [0.05, 0.1) is 11.4 Å². The van der Waals surface area contributed by atoms with Crippen LogP contribution >= 0.6 is 22.7 Å². The summed E-state index contributed by atoms with van der Waals surface area (Å²) in [6.07, 6.45) is 0. The summed E-state index contributed by atoms with van der Waals surface area (Å²) in [6, 6.07) is 65.8. The van der Waals surface area contributed by atoms with Gasteiger partial charge in [-0.05, 0) is 93.6 Å². The Balaban J connectivity index is 1.05. The van der Waals surface area contributed by atoms with E-state index < -0.39 is 0 Å². The second kappa shape index (κ2) is 12.3. The van der Waals surface area contributed by atoms with E-state index in [0.29, 0.717) is 0 Å². The molecule has 0 bridgehead atoms. The van der Waals surface area contributed by atoms with Gasteiger partial charge in [0.15, 0.2) is 0 Å². The Kier molecular flexibility index (Phi) is 6.73. The third kappa shape index (κ3) is 4.47. The number of benzene rings is 8. The van der Waals surface area contributed by atoms with Crippen molar-refractivity contribution in [3.05, 3.63) is 182 Å². The zero-order valence-electron chi connectivity index (χ0n) is 32.0. The largest absolute Gasteiger partial charge is 0.458 e. The number of thiophene rings is 2. The van der Waals surface area contributed by atoms with Crippen LogP contribution in [-0.2, 0) is 0 Å². The third-order valence-corrected chi connectivity index (χ3v) is 15.2. The summed E-state index contributed by atoms with van der Waals surface area (Å²) in [5.74, 6) is 3.47. The molecule has 4 aliphatic rings. The summed E-state index contributed by atoms with van der Waals surface area (Å²) in [5, 5.41) is 2.53. The van der Waals surface area contributed by atoms with Gasteiger partial charge in [-0.3, -0.25) is 0 Å². The molecule has 2 aromatic heterocycles. The SMILES string of the molecule is c1ccc(-c2cc3c4c(c2)N(c2ccccc2)c2c(sc5ccccc25)B4c2cc4c(cc2O3)Oc2cccc3c2B4c2sc4ccccc4c2N3c2ccccc2)cc1. The van der Waals surface area contributed by atoms with Gasteiger partial charge in [-0.15, -0.1) is 22.7 Å². The number of fused-ring (bicyclic) bond motifs is 12. The topological polar surface area (TPSA) is 24.9 Å². The molecule has 0 fully saturated rings. The molecule has 10 aromatic rings. The fraction of sp³-hybridized carbons (Fsp3) is 0. The molecule has 0 N–H and O–H groups in total. The molecular formula is C52H30B2N2O2S2. The normalized spacial score (nSPS) is 13.8. The smallest absolute Gasteiger partial charge is 0.268 e. The minimum Gasteiger partial charge on any atom is -0.458 e. The van der Waals surface area contributed by atoms with E-state index in [-0.39, 0.29) is 13.4 Å². The molecule has 0 atom stereocenters. The van der Waals surface area contributed by atoms with Gasteiger partial charge in [0.2, 0.25) is 0 Å².